The molecule has 0 radical (unpaired) electrons. The standard InChI is InChI=1S/C27H37N5O5S2/c1-5-32-16-15-21-22(17-32)38-26(23(21)25(34)29-27(35)30(2)3)28-24(33)18-11-13-20(14-12-18)39(36,37)31(4)19-9-7-6-8-10-19/h11-14,19H,5-10,15-17H2,1-4H3,(H,28,33)(H,29,34,35). The van der Waals surface area contributed by atoms with Crippen LogP contribution in [0.2, 0.25) is 0 Å². The van der Waals surface area contributed by atoms with Crippen LogP contribution >= 0.6 is 11.3 Å². The van der Waals surface area contributed by atoms with Crippen LogP contribution in [0.3, 0.4) is 0 Å². The molecule has 212 valence electrons. The number of fused-ring (bicyclic) bond motifs is 1. The van der Waals surface area contributed by atoms with E-state index in [0.717, 1.165) is 55.6 Å². The minimum absolute atomic E-state index is 0.0100. The molecule has 39 heavy (non-hydrogen) atoms. The van der Waals surface area contributed by atoms with E-state index in [2.05, 4.69) is 22.5 Å². The molecule has 1 aliphatic heterocycles. The number of rotatable bonds is 7. The fourth-order valence-corrected chi connectivity index (χ4v) is 7.79. The number of thiophene rings is 1. The van der Waals surface area contributed by atoms with Gasteiger partial charge in [-0.1, -0.05) is 26.2 Å². The lowest BCUT2D eigenvalue weighted by Gasteiger charge is -2.30. The van der Waals surface area contributed by atoms with Gasteiger partial charge in [-0.3, -0.25) is 19.8 Å². The number of carbonyl (C=O) groups excluding carboxylic acids is 3. The van der Waals surface area contributed by atoms with Gasteiger partial charge in [0.15, 0.2) is 0 Å². The van der Waals surface area contributed by atoms with Crippen LogP contribution in [0.1, 0.15) is 70.2 Å². The molecule has 0 spiro atoms. The number of imide groups is 1. The third kappa shape index (κ3) is 6.34. The maximum Gasteiger partial charge on any atom is 0.323 e. The predicted molar refractivity (Wildman–Crippen MR) is 152 cm³/mol. The number of nitrogens with zero attached hydrogens (tertiary/aromatic N) is 3. The van der Waals surface area contributed by atoms with Gasteiger partial charge in [-0.2, -0.15) is 4.31 Å². The first kappa shape index (κ1) is 29.2. The van der Waals surface area contributed by atoms with Crippen molar-refractivity contribution in [3.8, 4) is 0 Å². The molecule has 2 heterocycles. The number of carbonyl (C=O) groups is 3. The number of hydrogen-bond acceptors (Lipinski definition) is 7. The first-order valence-corrected chi connectivity index (χ1v) is 15.6. The Hall–Kier alpha value is -2.80. The number of anilines is 1. The smallest absolute Gasteiger partial charge is 0.323 e. The van der Waals surface area contributed by atoms with E-state index in [4.69, 9.17) is 0 Å². The lowest BCUT2D eigenvalue weighted by atomic mass is 9.96. The van der Waals surface area contributed by atoms with Crippen LogP contribution in [0, 0.1) is 0 Å². The molecule has 2 N–H and O–H groups in total. The SMILES string of the molecule is CCN1CCc2c(sc(NC(=O)c3ccc(S(=O)(=O)N(C)C4CCCCC4)cc3)c2C(=O)NC(=O)N(C)C)C1. The molecule has 1 fully saturated rings. The predicted octanol–water partition coefficient (Wildman–Crippen LogP) is 3.74. The molecule has 2 aromatic rings. The average Bonchev–Trinajstić information content (AvgIpc) is 3.29. The Morgan fingerprint density at radius 1 is 1.03 bits per heavy atom. The van der Waals surface area contributed by atoms with Gasteiger partial charge < -0.3 is 10.2 Å². The highest BCUT2D eigenvalue weighted by Crippen LogP contribution is 2.37. The van der Waals surface area contributed by atoms with Crippen molar-refractivity contribution in [2.45, 2.75) is 62.9 Å². The Morgan fingerprint density at radius 3 is 2.31 bits per heavy atom. The van der Waals surface area contributed by atoms with E-state index in [1.807, 2.05) is 0 Å². The molecule has 1 aromatic carbocycles. The highest BCUT2D eigenvalue weighted by molar-refractivity contribution is 7.89. The third-order valence-corrected chi connectivity index (χ3v) is 10.6. The van der Waals surface area contributed by atoms with Crippen LogP contribution in [0.4, 0.5) is 9.80 Å². The van der Waals surface area contributed by atoms with Crippen LogP contribution < -0.4 is 10.6 Å². The maximum atomic E-state index is 13.2. The van der Waals surface area contributed by atoms with Crippen molar-refractivity contribution in [1.29, 1.82) is 0 Å². The Labute approximate surface area is 234 Å². The molecule has 12 heteroatoms. The second kappa shape index (κ2) is 12.2. The Kier molecular flexibility index (Phi) is 9.10. The number of likely N-dealkylation sites (N-methyl/N-ethyl adjacent to an activating group) is 1. The fraction of sp³-hybridized carbons (Fsp3) is 0.519. The summed E-state index contributed by atoms with van der Waals surface area (Å²) in [4.78, 5) is 43.2. The summed E-state index contributed by atoms with van der Waals surface area (Å²) in [6, 6.07) is 5.32. The first-order valence-electron chi connectivity index (χ1n) is 13.3. The second-order valence-corrected chi connectivity index (χ2v) is 13.4. The molecule has 0 unspecified atom stereocenters. The molecule has 4 rings (SSSR count). The normalized spacial score (nSPS) is 16.5. The molecule has 1 saturated carbocycles. The molecule has 1 aromatic heterocycles. The average molecular weight is 576 g/mol. The summed E-state index contributed by atoms with van der Waals surface area (Å²) in [6.07, 6.45) is 5.52. The Bertz CT molecular complexity index is 1330. The highest BCUT2D eigenvalue weighted by Gasteiger charge is 2.31. The summed E-state index contributed by atoms with van der Waals surface area (Å²) in [5, 5.41) is 5.61. The van der Waals surface area contributed by atoms with Crippen molar-refractivity contribution >= 4 is 44.2 Å². The van der Waals surface area contributed by atoms with Gasteiger partial charge in [-0.25, -0.2) is 13.2 Å². The van der Waals surface area contributed by atoms with Crippen molar-refractivity contribution in [2.24, 2.45) is 0 Å². The molecular weight excluding hydrogens is 538 g/mol. The summed E-state index contributed by atoms with van der Waals surface area (Å²) in [5.41, 5.74) is 1.42. The van der Waals surface area contributed by atoms with Crippen molar-refractivity contribution < 1.29 is 22.8 Å². The van der Waals surface area contributed by atoms with Gasteiger partial charge >= 0.3 is 6.03 Å². The zero-order chi connectivity index (χ0) is 28.3. The van der Waals surface area contributed by atoms with Gasteiger partial charge in [0.2, 0.25) is 10.0 Å². The summed E-state index contributed by atoms with van der Waals surface area (Å²) >= 11 is 1.33. The largest absolute Gasteiger partial charge is 0.331 e. The minimum Gasteiger partial charge on any atom is -0.331 e. The lowest BCUT2D eigenvalue weighted by molar-refractivity contribution is 0.0956. The van der Waals surface area contributed by atoms with Gasteiger partial charge in [0, 0.05) is 50.7 Å². The molecule has 1 aliphatic carbocycles. The zero-order valence-corrected chi connectivity index (χ0v) is 24.6. The van der Waals surface area contributed by atoms with Crippen LogP contribution in [0.5, 0.6) is 0 Å². The van der Waals surface area contributed by atoms with Gasteiger partial charge in [-0.05, 0) is 55.6 Å². The minimum atomic E-state index is -3.68. The fourth-order valence-electron chi connectivity index (χ4n) is 5.09. The second-order valence-electron chi connectivity index (χ2n) is 10.3. The number of amides is 4. The van der Waals surface area contributed by atoms with Crippen LogP contribution in [-0.4, -0.2) is 80.6 Å². The zero-order valence-electron chi connectivity index (χ0n) is 23.0. The van der Waals surface area contributed by atoms with Crippen LogP contribution in [0.15, 0.2) is 29.2 Å². The van der Waals surface area contributed by atoms with Gasteiger partial charge in [0.1, 0.15) is 5.00 Å². The molecular formula is C27H37N5O5S2. The van der Waals surface area contributed by atoms with Gasteiger partial charge in [0.25, 0.3) is 11.8 Å². The first-order chi connectivity index (χ1) is 18.5. The highest BCUT2D eigenvalue weighted by atomic mass is 32.2. The molecule has 0 saturated heterocycles. The monoisotopic (exact) mass is 575 g/mol. The molecule has 10 nitrogen and oxygen atoms in total. The molecule has 4 amide bonds. The van der Waals surface area contributed by atoms with E-state index in [1.165, 1.54) is 44.8 Å². The van der Waals surface area contributed by atoms with E-state index in [9.17, 15) is 22.8 Å². The summed E-state index contributed by atoms with van der Waals surface area (Å²) in [5.74, 6) is -1.02. The quantitative estimate of drug-likeness (QED) is 0.519. The molecule has 2 aliphatic rings. The van der Waals surface area contributed by atoms with E-state index < -0.39 is 27.9 Å². The summed E-state index contributed by atoms with van der Waals surface area (Å²) in [7, 11) is 1.04. The van der Waals surface area contributed by atoms with Gasteiger partial charge in [-0.15, -0.1) is 11.3 Å². The van der Waals surface area contributed by atoms with E-state index in [1.54, 1.807) is 21.1 Å². The van der Waals surface area contributed by atoms with Crippen molar-refractivity contribution in [1.82, 2.24) is 19.4 Å². The van der Waals surface area contributed by atoms with Crippen molar-refractivity contribution in [3.05, 3.63) is 45.8 Å². The topological polar surface area (TPSA) is 119 Å². The maximum absolute atomic E-state index is 13.2. The van der Waals surface area contributed by atoms with Crippen LogP contribution in [-0.2, 0) is 23.0 Å². The molecule has 0 atom stereocenters. The lowest BCUT2D eigenvalue weighted by Crippen LogP contribution is -2.39. The van der Waals surface area contributed by atoms with Gasteiger partial charge in [0.05, 0.1) is 10.5 Å². The van der Waals surface area contributed by atoms with E-state index >= 15 is 0 Å². The number of nitrogens with one attached hydrogen (secondary N) is 2. The number of urea groups is 1. The summed E-state index contributed by atoms with van der Waals surface area (Å²) in [6.45, 7) is 4.38. The summed E-state index contributed by atoms with van der Waals surface area (Å²) < 4.78 is 27.8. The number of sulfonamides is 1. The Morgan fingerprint density at radius 2 is 1.69 bits per heavy atom. The number of benzene rings is 1. The van der Waals surface area contributed by atoms with E-state index in [0.29, 0.717) is 23.5 Å². The van der Waals surface area contributed by atoms with E-state index in [-0.39, 0.29) is 16.5 Å². The number of hydrogen-bond donors (Lipinski definition) is 2. The third-order valence-electron chi connectivity index (χ3n) is 7.55. The van der Waals surface area contributed by atoms with Crippen LogP contribution in [0.25, 0.3) is 0 Å². The van der Waals surface area contributed by atoms with Crippen molar-refractivity contribution in [3.63, 3.8) is 0 Å². The molecule has 0 bridgehead atoms. The van der Waals surface area contributed by atoms with Crippen molar-refractivity contribution in [2.75, 3.05) is 39.5 Å². The Balaban J connectivity index is 1.55.